The van der Waals surface area contributed by atoms with Gasteiger partial charge in [0.15, 0.2) is 0 Å². The molecule has 0 amide bonds. The van der Waals surface area contributed by atoms with E-state index in [1.165, 1.54) is 10.6 Å². The largest absolute Gasteiger partial charge is 0.361 e. The molecule has 0 aromatic carbocycles. The molecule has 0 saturated carbocycles. The fraction of sp³-hybridized carbons (Fsp3) is 0.727. The maximum atomic E-state index is 11.6. The van der Waals surface area contributed by atoms with Gasteiger partial charge < -0.3 is 4.52 Å². The van der Waals surface area contributed by atoms with Gasteiger partial charge in [-0.15, -0.1) is 0 Å². The van der Waals surface area contributed by atoms with Gasteiger partial charge in [0.25, 0.3) is 0 Å². The Labute approximate surface area is 102 Å². The third-order valence-corrected chi connectivity index (χ3v) is 4.38. The topological polar surface area (TPSA) is 63.4 Å². The van der Waals surface area contributed by atoms with Gasteiger partial charge in [0.2, 0.25) is 10.0 Å². The SMILES string of the molecule is CC(C)c1cc([C@H]2CCCN2S(C)(=O)=O)no1. The Bertz CT molecular complexity index is 493. The third kappa shape index (κ3) is 2.52. The molecule has 0 radical (unpaired) electrons. The quantitative estimate of drug-likeness (QED) is 0.830. The molecule has 17 heavy (non-hydrogen) atoms. The highest BCUT2D eigenvalue weighted by molar-refractivity contribution is 7.88. The molecule has 0 N–H and O–H groups in total. The molecule has 0 unspecified atom stereocenters. The molecule has 2 heterocycles. The summed E-state index contributed by atoms with van der Waals surface area (Å²) in [7, 11) is -3.16. The summed E-state index contributed by atoms with van der Waals surface area (Å²) >= 11 is 0. The van der Waals surface area contributed by atoms with Crippen LogP contribution in [0.4, 0.5) is 0 Å². The Balaban J connectivity index is 2.26. The van der Waals surface area contributed by atoms with Crippen LogP contribution in [0.25, 0.3) is 0 Å². The Kier molecular flexibility index (Phi) is 3.27. The van der Waals surface area contributed by atoms with E-state index in [4.69, 9.17) is 4.52 Å². The fourth-order valence-corrected chi connectivity index (χ4v) is 3.30. The summed E-state index contributed by atoms with van der Waals surface area (Å²) in [4.78, 5) is 0. The second kappa shape index (κ2) is 4.42. The lowest BCUT2D eigenvalue weighted by Crippen LogP contribution is -2.29. The highest BCUT2D eigenvalue weighted by Gasteiger charge is 2.34. The van der Waals surface area contributed by atoms with Crippen molar-refractivity contribution >= 4 is 10.0 Å². The van der Waals surface area contributed by atoms with Crippen LogP contribution >= 0.6 is 0 Å². The predicted molar refractivity (Wildman–Crippen MR) is 64.1 cm³/mol. The molecule has 1 fully saturated rings. The Morgan fingerprint density at radius 2 is 2.24 bits per heavy atom. The van der Waals surface area contributed by atoms with Crippen molar-refractivity contribution in [3.05, 3.63) is 17.5 Å². The van der Waals surface area contributed by atoms with Gasteiger partial charge in [0.05, 0.1) is 12.3 Å². The molecular formula is C11H18N2O3S. The first-order valence-electron chi connectivity index (χ1n) is 5.83. The molecule has 1 aliphatic heterocycles. The number of hydrogen-bond donors (Lipinski definition) is 0. The maximum absolute atomic E-state index is 11.6. The first-order valence-corrected chi connectivity index (χ1v) is 7.67. The van der Waals surface area contributed by atoms with E-state index < -0.39 is 10.0 Å². The van der Waals surface area contributed by atoms with Gasteiger partial charge in [-0.05, 0) is 12.8 Å². The molecule has 6 heteroatoms. The van der Waals surface area contributed by atoms with E-state index in [1.54, 1.807) is 0 Å². The zero-order chi connectivity index (χ0) is 12.6. The summed E-state index contributed by atoms with van der Waals surface area (Å²) in [6.07, 6.45) is 2.94. The first kappa shape index (κ1) is 12.6. The first-order chi connectivity index (χ1) is 7.89. The highest BCUT2D eigenvalue weighted by atomic mass is 32.2. The van der Waals surface area contributed by atoms with E-state index in [0.29, 0.717) is 6.54 Å². The Morgan fingerprint density at radius 3 is 2.76 bits per heavy atom. The summed E-state index contributed by atoms with van der Waals surface area (Å²) in [5.41, 5.74) is 0.733. The minimum atomic E-state index is -3.16. The molecule has 96 valence electrons. The van der Waals surface area contributed by atoms with Crippen molar-refractivity contribution in [1.29, 1.82) is 0 Å². The van der Waals surface area contributed by atoms with Crippen molar-refractivity contribution < 1.29 is 12.9 Å². The zero-order valence-electron chi connectivity index (χ0n) is 10.4. The molecule has 1 aliphatic rings. The lowest BCUT2D eigenvalue weighted by atomic mass is 10.1. The van der Waals surface area contributed by atoms with Crippen LogP contribution < -0.4 is 0 Å². The minimum Gasteiger partial charge on any atom is -0.361 e. The average molecular weight is 258 g/mol. The van der Waals surface area contributed by atoms with Crippen LogP contribution in [-0.2, 0) is 10.0 Å². The smallest absolute Gasteiger partial charge is 0.211 e. The lowest BCUT2D eigenvalue weighted by molar-refractivity contribution is 0.339. The zero-order valence-corrected chi connectivity index (χ0v) is 11.2. The van der Waals surface area contributed by atoms with Crippen molar-refractivity contribution in [2.45, 2.75) is 38.6 Å². The molecule has 1 atom stereocenters. The molecule has 1 aromatic heterocycles. The number of hydrogen-bond acceptors (Lipinski definition) is 4. The van der Waals surface area contributed by atoms with Crippen molar-refractivity contribution in [2.24, 2.45) is 0 Å². The van der Waals surface area contributed by atoms with Gasteiger partial charge in [0.1, 0.15) is 11.5 Å². The number of nitrogens with zero attached hydrogens (tertiary/aromatic N) is 2. The van der Waals surface area contributed by atoms with Gasteiger partial charge in [-0.2, -0.15) is 4.31 Å². The van der Waals surface area contributed by atoms with Crippen LogP contribution in [0.1, 0.15) is 50.1 Å². The van der Waals surface area contributed by atoms with E-state index in [-0.39, 0.29) is 12.0 Å². The van der Waals surface area contributed by atoms with Gasteiger partial charge in [0, 0.05) is 18.5 Å². The summed E-state index contributed by atoms with van der Waals surface area (Å²) in [5.74, 6) is 1.07. The van der Waals surface area contributed by atoms with E-state index in [9.17, 15) is 8.42 Å². The van der Waals surface area contributed by atoms with Gasteiger partial charge in [-0.25, -0.2) is 8.42 Å². The molecule has 5 nitrogen and oxygen atoms in total. The Morgan fingerprint density at radius 1 is 1.53 bits per heavy atom. The van der Waals surface area contributed by atoms with Crippen molar-refractivity contribution in [2.75, 3.05) is 12.8 Å². The van der Waals surface area contributed by atoms with Crippen molar-refractivity contribution in [1.82, 2.24) is 9.46 Å². The van der Waals surface area contributed by atoms with Crippen molar-refractivity contribution in [3.63, 3.8) is 0 Å². The van der Waals surface area contributed by atoms with Crippen LogP contribution in [0, 0.1) is 0 Å². The summed E-state index contributed by atoms with van der Waals surface area (Å²) < 4.78 is 30.0. The number of sulfonamides is 1. The fourth-order valence-electron chi connectivity index (χ4n) is 2.17. The van der Waals surface area contributed by atoms with E-state index in [2.05, 4.69) is 5.16 Å². The second-order valence-electron chi connectivity index (χ2n) is 4.84. The van der Waals surface area contributed by atoms with Crippen LogP contribution in [0.3, 0.4) is 0 Å². The lowest BCUT2D eigenvalue weighted by Gasteiger charge is -2.19. The molecule has 0 bridgehead atoms. The van der Waals surface area contributed by atoms with E-state index >= 15 is 0 Å². The van der Waals surface area contributed by atoms with Crippen LogP contribution in [0.2, 0.25) is 0 Å². The summed E-state index contributed by atoms with van der Waals surface area (Å²) in [6, 6.07) is 1.72. The minimum absolute atomic E-state index is 0.152. The maximum Gasteiger partial charge on any atom is 0.211 e. The number of aromatic nitrogens is 1. The van der Waals surface area contributed by atoms with Crippen LogP contribution in [-0.4, -0.2) is 30.7 Å². The predicted octanol–water partition coefficient (Wildman–Crippen LogP) is 1.89. The molecule has 0 aliphatic carbocycles. The third-order valence-electron chi connectivity index (χ3n) is 3.09. The Hall–Kier alpha value is -0.880. The normalized spacial score (nSPS) is 22.5. The monoisotopic (exact) mass is 258 g/mol. The highest BCUT2D eigenvalue weighted by Crippen LogP contribution is 2.34. The molecule has 2 rings (SSSR count). The summed E-state index contributed by atoms with van der Waals surface area (Å²) in [5, 5.41) is 4.00. The van der Waals surface area contributed by atoms with Crippen LogP contribution in [0.5, 0.6) is 0 Å². The number of rotatable bonds is 3. The van der Waals surface area contributed by atoms with Gasteiger partial charge in [-0.1, -0.05) is 19.0 Å². The van der Waals surface area contributed by atoms with E-state index in [0.717, 1.165) is 24.3 Å². The van der Waals surface area contributed by atoms with Crippen LogP contribution in [0.15, 0.2) is 10.6 Å². The second-order valence-corrected chi connectivity index (χ2v) is 6.78. The molecule has 1 aromatic rings. The van der Waals surface area contributed by atoms with E-state index in [1.807, 2.05) is 19.9 Å². The van der Waals surface area contributed by atoms with Gasteiger partial charge in [-0.3, -0.25) is 0 Å². The molecule has 1 saturated heterocycles. The average Bonchev–Trinajstić information content (AvgIpc) is 2.85. The summed E-state index contributed by atoms with van der Waals surface area (Å²) in [6.45, 7) is 4.62. The van der Waals surface area contributed by atoms with Gasteiger partial charge >= 0.3 is 0 Å². The standard InChI is InChI=1S/C11H18N2O3S/c1-8(2)11-7-9(12-16-11)10-5-4-6-13(10)17(3,14)15/h7-8,10H,4-6H2,1-3H3/t10-/m1/s1. The molecular weight excluding hydrogens is 240 g/mol. The molecule has 0 spiro atoms. The van der Waals surface area contributed by atoms with Crippen molar-refractivity contribution in [3.8, 4) is 0 Å².